The van der Waals surface area contributed by atoms with E-state index >= 15 is 0 Å². The smallest absolute Gasteiger partial charge is 0.319 e. The van der Waals surface area contributed by atoms with E-state index < -0.39 is 0 Å². The maximum atomic E-state index is 12.4. The average molecular weight is 380 g/mol. The van der Waals surface area contributed by atoms with Crippen LogP contribution in [-0.4, -0.2) is 54.3 Å². The number of anilines is 1. The summed E-state index contributed by atoms with van der Waals surface area (Å²) in [6.07, 6.45) is 5.73. The molecular weight excluding hydrogens is 352 g/mol. The summed E-state index contributed by atoms with van der Waals surface area (Å²) >= 11 is 0. The molecule has 2 heterocycles. The number of hydrogen-bond donors (Lipinski definition) is 2. The van der Waals surface area contributed by atoms with Crippen molar-refractivity contribution in [2.24, 2.45) is 0 Å². The van der Waals surface area contributed by atoms with Crippen molar-refractivity contribution in [3.8, 4) is 0 Å². The van der Waals surface area contributed by atoms with E-state index in [-0.39, 0.29) is 18.2 Å². The number of carbonyl (C=O) groups is 1. The second-order valence-corrected chi connectivity index (χ2v) is 7.24. The number of amides is 2. The molecule has 2 amide bonds. The molecular formula is C22H28N4O2. The summed E-state index contributed by atoms with van der Waals surface area (Å²) < 4.78 is 5.54. The number of nitrogens with one attached hydrogen (secondary N) is 2. The quantitative estimate of drug-likeness (QED) is 0.805. The Labute approximate surface area is 166 Å². The molecule has 0 aliphatic carbocycles. The number of rotatable bonds is 6. The molecule has 2 atom stereocenters. The monoisotopic (exact) mass is 380 g/mol. The molecule has 3 rings (SSSR count). The summed E-state index contributed by atoms with van der Waals surface area (Å²) in [5.74, 6) is 0. The summed E-state index contributed by atoms with van der Waals surface area (Å²) in [7, 11) is 1.69. The van der Waals surface area contributed by atoms with Crippen molar-refractivity contribution in [2.45, 2.75) is 32.0 Å². The standard InChI is InChI=1S/C22H28N4O2/c1-16(2)26-14-20(21(15-26)28-3)25-22(27)24-19-11-8-17(9-12-19)7-10-18-6-4-5-13-23-18/h4-13,16,20-21H,14-15H2,1-3H3,(H2,24,25,27)/b10-7+/t20-,21-/m1/s1. The molecule has 1 aromatic carbocycles. The SMILES string of the molecule is CO[C@@H]1CN(C(C)C)C[C@H]1NC(=O)Nc1ccc(/C=C/c2ccccn2)cc1. The zero-order valence-electron chi connectivity index (χ0n) is 16.6. The van der Waals surface area contributed by atoms with Gasteiger partial charge >= 0.3 is 6.03 Å². The van der Waals surface area contributed by atoms with Crippen LogP contribution in [0.1, 0.15) is 25.1 Å². The van der Waals surface area contributed by atoms with Crippen LogP contribution < -0.4 is 10.6 Å². The molecule has 2 N–H and O–H groups in total. The van der Waals surface area contributed by atoms with Gasteiger partial charge in [0.25, 0.3) is 0 Å². The summed E-state index contributed by atoms with van der Waals surface area (Å²) in [4.78, 5) is 19.0. The zero-order valence-corrected chi connectivity index (χ0v) is 16.6. The summed E-state index contributed by atoms with van der Waals surface area (Å²) in [6.45, 7) is 5.93. The first-order valence-electron chi connectivity index (χ1n) is 9.58. The summed E-state index contributed by atoms with van der Waals surface area (Å²) in [5, 5.41) is 5.93. The van der Waals surface area contributed by atoms with Gasteiger partial charge in [0.05, 0.1) is 17.8 Å². The lowest BCUT2D eigenvalue weighted by Gasteiger charge is -2.20. The molecule has 1 aromatic heterocycles. The van der Waals surface area contributed by atoms with Crippen LogP contribution in [0.2, 0.25) is 0 Å². The molecule has 0 radical (unpaired) electrons. The number of methoxy groups -OCH3 is 1. The van der Waals surface area contributed by atoms with E-state index in [4.69, 9.17) is 4.74 Å². The maximum Gasteiger partial charge on any atom is 0.319 e. The van der Waals surface area contributed by atoms with E-state index in [2.05, 4.69) is 34.4 Å². The number of nitrogens with zero attached hydrogens (tertiary/aromatic N) is 2. The van der Waals surface area contributed by atoms with Gasteiger partial charge in [-0.1, -0.05) is 24.3 Å². The van der Waals surface area contributed by atoms with E-state index in [1.165, 1.54) is 0 Å². The highest BCUT2D eigenvalue weighted by Gasteiger charge is 2.34. The van der Waals surface area contributed by atoms with Crippen LogP contribution in [0.5, 0.6) is 0 Å². The minimum absolute atomic E-state index is 0.00672. The Morgan fingerprint density at radius 2 is 1.96 bits per heavy atom. The zero-order chi connectivity index (χ0) is 19.9. The van der Waals surface area contributed by atoms with E-state index in [1.807, 2.05) is 54.6 Å². The van der Waals surface area contributed by atoms with Crippen LogP contribution in [0.25, 0.3) is 12.2 Å². The van der Waals surface area contributed by atoms with Gasteiger partial charge in [-0.25, -0.2) is 4.79 Å². The Bertz CT molecular complexity index is 790. The second-order valence-electron chi connectivity index (χ2n) is 7.24. The Morgan fingerprint density at radius 1 is 1.18 bits per heavy atom. The van der Waals surface area contributed by atoms with Crippen molar-refractivity contribution in [2.75, 3.05) is 25.5 Å². The molecule has 0 bridgehead atoms. The molecule has 1 aliphatic heterocycles. The lowest BCUT2D eigenvalue weighted by Crippen LogP contribution is -2.45. The van der Waals surface area contributed by atoms with Gasteiger partial charge in [0.15, 0.2) is 0 Å². The van der Waals surface area contributed by atoms with Gasteiger partial charge in [0.2, 0.25) is 0 Å². The second kappa shape index (κ2) is 9.48. The van der Waals surface area contributed by atoms with Crippen LogP contribution >= 0.6 is 0 Å². The largest absolute Gasteiger partial charge is 0.378 e. The third-order valence-electron chi connectivity index (χ3n) is 4.95. The predicted octanol–water partition coefficient (Wildman–Crippen LogP) is 3.48. The highest BCUT2D eigenvalue weighted by Crippen LogP contribution is 2.17. The van der Waals surface area contributed by atoms with Crippen molar-refractivity contribution < 1.29 is 9.53 Å². The third-order valence-corrected chi connectivity index (χ3v) is 4.95. The topological polar surface area (TPSA) is 66.5 Å². The first-order chi connectivity index (χ1) is 13.5. The fourth-order valence-electron chi connectivity index (χ4n) is 3.27. The van der Waals surface area contributed by atoms with Crippen molar-refractivity contribution in [1.82, 2.24) is 15.2 Å². The number of benzene rings is 1. The van der Waals surface area contributed by atoms with Crippen molar-refractivity contribution >= 4 is 23.9 Å². The number of carbonyl (C=O) groups excluding carboxylic acids is 1. The molecule has 28 heavy (non-hydrogen) atoms. The normalized spacial score (nSPS) is 20.0. The number of aromatic nitrogens is 1. The third kappa shape index (κ3) is 5.41. The Morgan fingerprint density at radius 3 is 2.61 bits per heavy atom. The first-order valence-corrected chi connectivity index (χ1v) is 9.58. The minimum atomic E-state index is -0.213. The molecule has 0 saturated carbocycles. The number of likely N-dealkylation sites (tertiary alicyclic amines) is 1. The van der Waals surface area contributed by atoms with Gasteiger partial charge in [0.1, 0.15) is 0 Å². The highest BCUT2D eigenvalue weighted by molar-refractivity contribution is 5.89. The van der Waals surface area contributed by atoms with Crippen LogP contribution in [0.15, 0.2) is 48.7 Å². The molecule has 0 spiro atoms. The molecule has 148 valence electrons. The maximum absolute atomic E-state index is 12.4. The lowest BCUT2D eigenvalue weighted by atomic mass is 10.2. The van der Waals surface area contributed by atoms with Crippen molar-refractivity contribution in [3.05, 3.63) is 59.9 Å². The molecule has 1 fully saturated rings. The highest BCUT2D eigenvalue weighted by atomic mass is 16.5. The Balaban J connectivity index is 1.53. The van der Waals surface area contributed by atoms with Gasteiger partial charge in [-0.15, -0.1) is 0 Å². The average Bonchev–Trinajstić information content (AvgIpc) is 3.11. The minimum Gasteiger partial charge on any atom is -0.378 e. The molecule has 6 heteroatoms. The van der Waals surface area contributed by atoms with E-state index in [0.717, 1.165) is 30.0 Å². The predicted molar refractivity (Wildman–Crippen MR) is 113 cm³/mol. The summed E-state index contributed by atoms with van der Waals surface area (Å²) in [6, 6.07) is 13.7. The van der Waals surface area contributed by atoms with E-state index in [9.17, 15) is 4.79 Å². The Kier molecular flexibility index (Phi) is 6.79. The number of ether oxygens (including phenoxy) is 1. The fraction of sp³-hybridized carbons (Fsp3) is 0.364. The van der Waals surface area contributed by atoms with Gasteiger partial charge in [-0.2, -0.15) is 0 Å². The first kappa shape index (κ1) is 20.0. The van der Waals surface area contributed by atoms with Crippen LogP contribution in [-0.2, 0) is 4.74 Å². The van der Waals surface area contributed by atoms with Crippen molar-refractivity contribution in [1.29, 1.82) is 0 Å². The summed E-state index contributed by atoms with van der Waals surface area (Å²) in [5.41, 5.74) is 2.70. The van der Waals surface area contributed by atoms with E-state index in [1.54, 1.807) is 13.3 Å². The number of pyridine rings is 1. The van der Waals surface area contributed by atoms with E-state index in [0.29, 0.717) is 6.04 Å². The number of hydrogen-bond acceptors (Lipinski definition) is 4. The van der Waals surface area contributed by atoms with Crippen LogP contribution in [0.4, 0.5) is 10.5 Å². The van der Waals surface area contributed by atoms with Crippen LogP contribution in [0.3, 0.4) is 0 Å². The number of urea groups is 1. The molecule has 1 saturated heterocycles. The molecule has 6 nitrogen and oxygen atoms in total. The van der Waals surface area contributed by atoms with Gasteiger partial charge in [-0.05, 0) is 49.8 Å². The Hall–Kier alpha value is -2.70. The fourth-order valence-corrected chi connectivity index (χ4v) is 3.27. The van der Waals surface area contributed by atoms with Gasteiger partial charge in [-0.3, -0.25) is 9.88 Å². The molecule has 1 aliphatic rings. The van der Waals surface area contributed by atoms with Gasteiger partial charge in [0, 0.05) is 38.1 Å². The molecule has 0 unspecified atom stereocenters. The molecule has 2 aromatic rings. The van der Waals surface area contributed by atoms with Crippen LogP contribution in [0, 0.1) is 0 Å². The van der Waals surface area contributed by atoms with Gasteiger partial charge < -0.3 is 15.4 Å². The lowest BCUT2D eigenvalue weighted by molar-refractivity contribution is 0.0896. The van der Waals surface area contributed by atoms with Crippen molar-refractivity contribution in [3.63, 3.8) is 0 Å².